The van der Waals surface area contributed by atoms with Crippen LogP contribution in [0.5, 0.6) is 0 Å². The monoisotopic (exact) mass is 595 g/mol. The lowest BCUT2D eigenvalue weighted by Gasteiger charge is -2.41. The second kappa shape index (κ2) is 13.0. The summed E-state index contributed by atoms with van der Waals surface area (Å²) in [5.41, 5.74) is 3.84. The number of hydrogen-bond donors (Lipinski definition) is 1. The number of benzene rings is 3. The summed E-state index contributed by atoms with van der Waals surface area (Å²) >= 11 is 0. The van der Waals surface area contributed by atoms with E-state index in [0.717, 1.165) is 38.2 Å². The highest BCUT2D eigenvalue weighted by atomic mass is 19.1. The molecule has 1 fully saturated rings. The highest BCUT2D eigenvalue weighted by Crippen LogP contribution is 2.22. The molecule has 0 aliphatic carbocycles. The van der Waals surface area contributed by atoms with Crippen LogP contribution in [0, 0.1) is 12.7 Å². The van der Waals surface area contributed by atoms with Crippen LogP contribution >= 0.6 is 0 Å². The molecule has 1 amide bonds. The Morgan fingerprint density at radius 3 is 2.64 bits per heavy atom. The third kappa shape index (κ3) is 6.35. The number of fused-ring (bicyclic) bond motifs is 3. The minimum absolute atomic E-state index is 0.0386. The number of amides is 1. The van der Waals surface area contributed by atoms with Crippen LogP contribution in [0.2, 0.25) is 0 Å². The predicted octanol–water partition coefficient (Wildman–Crippen LogP) is 4.19. The minimum atomic E-state index is -0.334. The van der Waals surface area contributed by atoms with E-state index in [1.807, 2.05) is 22.6 Å². The molecule has 3 heterocycles. The van der Waals surface area contributed by atoms with Gasteiger partial charge in [0.1, 0.15) is 11.6 Å². The smallest absolute Gasteiger partial charge is 0.263 e. The highest BCUT2D eigenvalue weighted by molar-refractivity contribution is 5.80. The fourth-order valence-electron chi connectivity index (χ4n) is 6.16. The molecule has 0 saturated carbocycles. The summed E-state index contributed by atoms with van der Waals surface area (Å²) in [5, 5.41) is 12.3. The molecular formula is C34H38FN7O2. The van der Waals surface area contributed by atoms with Crippen LogP contribution in [0.1, 0.15) is 36.7 Å². The number of nitrogens with zero attached hydrogens (tertiary/aromatic N) is 6. The number of nitrogens with one attached hydrogen (secondary N) is 1. The molecule has 228 valence electrons. The summed E-state index contributed by atoms with van der Waals surface area (Å²) in [6.45, 7) is 9.20. The van der Waals surface area contributed by atoms with E-state index in [2.05, 4.69) is 63.4 Å². The lowest BCUT2D eigenvalue weighted by molar-refractivity contribution is -0.121. The van der Waals surface area contributed by atoms with Gasteiger partial charge >= 0.3 is 0 Å². The molecule has 1 aliphatic heterocycles. The Hall–Kier alpha value is -4.57. The number of rotatable bonds is 10. The number of carbonyl (C=O) groups is 1. The molecule has 44 heavy (non-hydrogen) atoms. The highest BCUT2D eigenvalue weighted by Gasteiger charge is 2.24. The number of hydrogen-bond acceptors (Lipinski definition) is 6. The van der Waals surface area contributed by atoms with E-state index in [1.54, 1.807) is 22.8 Å². The zero-order valence-corrected chi connectivity index (χ0v) is 25.2. The SMILES string of the molecule is Cc1cccc(N2CCN(CCCNC(=O)CCc3nnc4n(Cc5ccc(F)cc5)c(=O)c5ccccc5n34)C[C@H]2C)c1. The number of anilines is 1. The van der Waals surface area contributed by atoms with E-state index in [0.29, 0.717) is 41.5 Å². The molecule has 1 N–H and O–H groups in total. The molecule has 3 aromatic carbocycles. The van der Waals surface area contributed by atoms with Crippen molar-refractivity contribution in [3.05, 3.63) is 106 Å². The van der Waals surface area contributed by atoms with E-state index in [9.17, 15) is 14.0 Å². The molecule has 1 atom stereocenters. The van der Waals surface area contributed by atoms with Crippen LogP contribution in [-0.4, -0.2) is 68.7 Å². The van der Waals surface area contributed by atoms with Gasteiger partial charge in [-0.2, -0.15) is 0 Å². The Kier molecular flexibility index (Phi) is 8.70. The van der Waals surface area contributed by atoms with Crippen LogP contribution in [0.25, 0.3) is 16.7 Å². The van der Waals surface area contributed by atoms with Gasteiger partial charge in [0.15, 0.2) is 0 Å². The Morgan fingerprint density at radius 1 is 1.02 bits per heavy atom. The van der Waals surface area contributed by atoms with Crippen LogP contribution in [0.4, 0.5) is 10.1 Å². The van der Waals surface area contributed by atoms with Crippen LogP contribution in [0.3, 0.4) is 0 Å². The molecule has 6 rings (SSSR count). The van der Waals surface area contributed by atoms with Gasteiger partial charge in [0.2, 0.25) is 11.7 Å². The van der Waals surface area contributed by atoms with Gasteiger partial charge in [0.05, 0.1) is 17.4 Å². The summed E-state index contributed by atoms with van der Waals surface area (Å²) < 4.78 is 16.9. The molecule has 0 radical (unpaired) electrons. The Balaban J connectivity index is 1.05. The molecule has 1 saturated heterocycles. The first-order valence-electron chi connectivity index (χ1n) is 15.3. The molecule has 0 unspecified atom stereocenters. The summed E-state index contributed by atoms with van der Waals surface area (Å²) in [4.78, 5) is 31.1. The average molecular weight is 596 g/mol. The van der Waals surface area contributed by atoms with Gasteiger partial charge in [-0.05, 0) is 74.3 Å². The normalized spacial score (nSPS) is 15.7. The summed E-state index contributed by atoms with van der Waals surface area (Å²) in [5.74, 6) is 0.632. The maximum absolute atomic E-state index is 13.5. The van der Waals surface area contributed by atoms with Crippen molar-refractivity contribution in [1.82, 2.24) is 29.4 Å². The first-order valence-corrected chi connectivity index (χ1v) is 15.3. The van der Waals surface area contributed by atoms with Crippen molar-refractivity contribution >= 4 is 28.3 Å². The average Bonchev–Trinajstić information content (AvgIpc) is 3.45. The van der Waals surface area contributed by atoms with Gasteiger partial charge in [0, 0.05) is 50.7 Å². The molecule has 10 heteroatoms. The second-order valence-corrected chi connectivity index (χ2v) is 11.7. The molecule has 1 aliphatic rings. The van der Waals surface area contributed by atoms with Crippen molar-refractivity contribution in [2.45, 2.75) is 45.7 Å². The Labute approximate surface area is 255 Å². The van der Waals surface area contributed by atoms with Gasteiger partial charge in [-0.25, -0.2) is 4.39 Å². The third-order valence-electron chi connectivity index (χ3n) is 8.42. The van der Waals surface area contributed by atoms with Crippen molar-refractivity contribution < 1.29 is 9.18 Å². The number of aryl methyl sites for hydroxylation is 2. The molecular weight excluding hydrogens is 557 g/mol. The van der Waals surface area contributed by atoms with Gasteiger partial charge in [-0.15, -0.1) is 10.2 Å². The fourth-order valence-corrected chi connectivity index (χ4v) is 6.16. The second-order valence-electron chi connectivity index (χ2n) is 11.7. The van der Waals surface area contributed by atoms with E-state index >= 15 is 0 Å². The van der Waals surface area contributed by atoms with E-state index < -0.39 is 0 Å². The summed E-state index contributed by atoms with van der Waals surface area (Å²) in [7, 11) is 0. The topological polar surface area (TPSA) is 87.8 Å². The third-order valence-corrected chi connectivity index (χ3v) is 8.42. The van der Waals surface area contributed by atoms with Gasteiger partial charge in [-0.3, -0.25) is 23.5 Å². The van der Waals surface area contributed by atoms with Gasteiger partial charge < -0.3 is 10.2 Å². The largest absolute Gasteiger partial charge is 0.366 e. The number of carbonyl (C=O) groups excluding carboxylic acids is 1. The van der Waals surface area contributed by atoms with Crippen LogP contribution in [0.15, 0.2) is 77.6 Å². The van der Waals surface area contributed by atoms with Crippen molar-refractivity contribution in [3.63, 3.8) is 0 Å². The predicted molar refractivity (Wildman–Crippen MR) is 171 cm³/mol. The fraction of sp³-hybridized carbons (Fsp3) is 0.353. The minimum Gasteiger partial charge on any atom is -0.366 e. The van der Waals surface area contributed by atoms with Crippen LogP contribution in [-0.2, 0) is 17.8 Å². The zero-order valence-electron chi connectivity index (χ0n) is 25.2. The van der Waals surface area contributed by atoms with E-state index in [-0.39, 0.29) is 30.2 Å². The van der Waals surface area contributed by atoms with Gasteiger partial charge in [-0.1, -0.05) is 36.4 Å². The zero-order chi connectivity index (χ0) is 30.6. The maximum Gasteiger partial charge on any atom is 0.263 e. The summed E-state index contributed by atoms with van der Waals surface area (Å²) in [6.07, 6.45) is 1.53. The first-order chi connectivity index (χ1) is 21.4. The molecule has 2 aromatic heterocycles. The van der Waals surface area contributed by atoms with Crippen molar-refractivity contribution in [2.24, 2.45) is 0 Å². The summed E-state index contributed by atoms with van der Waals surface area (Å²) in [6, 6.07) is 22.5. The van der Waals surface area contributed by atoms with Crippen molar-refractivity contribution in [3.8, 4) is 0 Å². The molecule has 0 spiro atoms. The van der Waals surface area contributed by atoms with Crippen LogP contribution < -0.4 is 15.8 Å². The molecule has 9 nitrogen and oxygen atoms in total. The first kappa shape index (κ1) is 29.5. The number of para-hydroxylation sites is 1. The van der Waals surface area contributed by atoms with E-state index in [4.69, 9.17) is 0 Å². The Bertz CT molecular complexity index is 1830. The standard InChI is InChI=1S/C34H38FN7O2/c1-24-7-5-8-28(21-24)40-20-19-39(22-25(40)2)18-6-17-36-32(43)16-15-31-37-38-34-41(23-26-11-13-27(35)14-12-26)33(44)29-9-3-4-10-30(29)42(31)34/h3-5,7-14,21,25H,6,15-20,22-23H2,1-2H3,(H,36,43)/t25-/m1/s1. The van der Waals surface area contributed by atoms with Crippen molar-refractivity contribution in [1.29, 1.82) is 0 Å². The lowest BCUT2D eigenvalue weighted by Crippen LogP contribution is -2.52. The number of aromatic nitrogens is 4. The van der Waals surface area contributed by atoms with Crippen molar-refractivity contribution in [2.75, 3.05) is 37.6 Å². The molecule has 5 aromatic rings. The number of halogens is 1. The van der Waals surface area contributed by atoms with E-state index in [1.165, 1.54) is 23.4 Å². The quantitative estimate of drug-likeness (QED) is 0.244. The maximum atomic E-state index is 13.5. The van der Waals surface area contributed by atoms with Gasteiger partial charge in [0.25, 0.3) is 5.56 Å². The number of piperazine rings is 1. The Morgan fingerprint density at radius 2 is 1.84 bits per heavy atom. The lowest BCUT2D eigenvalue weighted by atomic mass is 10.1. The molecule has 0 bridgehead atoms.